The summed E-state index contributed by atoms with van der Waals surface area (Å²) in [6.45, 7) is 0.335. The molecule has 4 aromatic rings. The van der Waals surface area contributed by atoms with Gasteiger partial charge >= 0.3 is 0 Å². The van der Waals surface area contributed by atoms with Crippen molar-refractivity contribution in [3.05, 3.63) is 83.1 Å². The zero-order chi connectivity index (χ0) is 19.5. The first kappa shape index (κ1) is 18.4. The predicted octanol–water partition coefficient (Wildman–Crippen LogP) is 5.20. The van der Waals surface area contributed by atoms with Crippen LogP contribution in [0.3, 0.4) is 0 Å². The number of para-hydroxylation sites is 2. The zero-order valence-corrected chi connectivity index (χ0v) is 16.6. The molecule has 0 bridgehead atoms. The number of pyridine rings is 1. The maximum atomic E-state index is 13.5. The van der Waals surface area contributed by atoms with E-state index >= 15 is 0 Å². The van der Waals surface area contributed by atoms with E-state index in [0.29, 0.717) is 33.5 Å². The van der Waals surface area contributed by atoms with Gasteiger partial charge in [-0.15, -0.1) is 0 Å². The van der Waals surface area contributed by atoms with E-state index in [2.05, 4.69) is 9.97 Å². The van der Waals surface area contributed by atoms with Gasteiger partial charge in [0, 0.05) is 12.4 Å². The molecule has 0 aliphatic heterocycles. The Balaban J connectivity index is 1.81. The van der Waals surface area contributed by atoms with Crippen LogP contribution >= 0.6 is 22.9 Å². The number of ether oxygens (including phenoxy) is 1. The van der Waals surface area contributed by atoms with Crippen molar-refractivity contribution in [1.82, 2.24) is 9.97 Å². The SMILES string of the molecule is COc1ccccc1C(=O)N(Cc1cccnc1)c1nc2c(Cl)cccc2s1. The summed E-state index contributed by atoms with van der Waals surface area (Å²) >= 11 is 7.71. The Morgan fingerprint density at radius 3 is 2.75 bits per heavy atom. The monoisotopic (exact) mass is 409 g/mol. The molecule has 1 amide bonds. The minimum absolute atomic E-state index is 0.198. The lowest BCUT2D eigenvalue weighted by molar-refractivity contribution is 0.0982. The number of carbonyl (C=O) groups is 1. The largest absolute Gasteiger partial charge is 0.496 e. The summed E-state index contributed by atoms with van der Waals surface area (Å²) in [5.74, 6) is 0.319. The van der Waals surface area contributed by atoms with Gasteiger partial charge in [-0.25, -0.2) is 4.98 Å². The molecule has 0 unspecified atom stereocenters. The molecule has 0 saturated carbocycles. The second-order valence-corrected chi connectivity index (χ2v) is 7.45. The fraction of sp³-hybridized carbons (Fsp3) is 0.0952. The maximum Gasteiger partial charge on any atom is 0.264 e. The quantitative estimate of drug-likeness (QED) is 0.454. The second-order valence-electron chi connectivity index (χ2n) is 6.04. The third-order valence-electron chi connectivity index (χ3n) is 4.24. The van der Waals surface area contributed by atoms with Crippen LogP contribution in [-0.4, -0.2) is 23.0 Å². The lowest BCUT2D eigenvalue weighted by Crippen LogP contribution is -2.30. The Labute approximate surface area is 171 Å². The van der Waals surface area contributed by atoms with Crippen LogP contribution in [0.5, 0.6) is 5.75 Å². The molecule has 0 N–H and O–H groups in total. The van der Waals surface area contributed by atoms with Crippen molar-refractivity contribution in [1.29, 1.82) is 0 Å². The Morgan fingerprint density at radius 1 is 1.14 bits per heavy atom. The number of carbonyl (C=O) groups excluding carboxylic acids is 1. The standard InChI is InChI=1S/C21H16ClN3O2S/c1-27-17-9-3-2-7-15(17)20(26)25(13-14-6-5-11-23-12-14)21-24-19-16(22)8-4-10-18(19)28-21/h2-12H,13H2,1H3. The lowest BCUT2D eigenvalue weighted by Gasteiger charge is -2.21. The Bertz CT molecular complexity index is 1130. The van der Waals surface area contributed by atoms with Crippen LogP contribution in [0.2, 0.25) is 5.02 Å². The van der Waals surface area contributed by atoms with Crippen molar-refractivity contribution in [3.8, 4) is 5.75 Å². The number of methoxy groups -OCH3 is 1. The number of anilines is 1. The molecule has 0 spiro atoms. The van der Waals surface area contributed by atoms with Crippen LogP contribution in [0.1, 0.15) is 15.9 Å². The molecule has 0 atom stereocenters. The highest BCUT2D eigenvalue weighted by Crippen LogP contribution is 2.34. The molecule has 7 heteroatoms. The van der Waals surface area contributed by atoms with Crippen LogP contribution in [0.4, 0.5) is 5.13 Å². The molecular weight excluding hydrogens is 394 g/mol. The minimum Gasteiger partial charge on any atom is -0.496 e. The van der Waals surface area contributed by atoms with Crippen LogP contribution in [0.15, 0.2) is 67.0 Å². The van der Waals surface area contributed by atoms with Crippen molar-refractivity contribution in [2.24, 2.45) is 0 Å². The lowest BCUT2D eigenvalue weighted by atomic mass is 10.1. The van der Waals surface area contributed by atoms with Crippen molar-refractivity contribution in [2.45, 2.75) is 6.54 Å². The molecular formula is C21H16ClN3O2S. The summed E-state index contributed by atoms with van der Waals surface area (Å²) in [7, 11) is 1.55. The van der Waals surface area contributed by atoms with Crippen LogP contribution in [0.25, 0.3) is 10.2 Å². The highest BCUT2D eigenvalue weighted by Gasteiger charge is 2.24. The number of nitrogens with zero attached hydrogens (tertiary/aromatic N) is 3. The van der Waals surface area contributed by atoms with Gasteiger partial charge in [-0.05, 0) is 35.9 Å². The van der Waals surface area contributed by atoms with Gasteiger partial charge in [0.05, 0.1) is 28.9 Å². The molecule has 0 radical (unpaired) electrons. The molecule has 0 fully saturated rings. The number of hydrogen-bond donors (Lipinski definition) is 0. The fourth-order valence-electron chi connectivity index (χ4n) is 2.89. The smallest absolute Gasteiger partial charge is 0.264 e. The first-order valence-electron chi connectivity index (χ1n) is 8.56. The summed E-state index contributed by atoms with van der Waals surface area (Å²) < 4.78 is 6.31. The molecule has 5 nitrogen and oxygen atoms in total. The number of hydrogen-bond acceptors (Lipinski definition) is 5. The zero-order valence-electron chi connectivity index (χ0n) is 15.0. The summed E-state index contributed by atoms with van der Waals surface area (Å²) in [4.78, 5) is 23.9. The first-order chi connectivity index (χ1) is 13.7. The summed E-state index contributed by atoms with van der Waals surface area (Å²) in [6.07, 6.45) is 3.44. The number of benzene rings is 2. The Morgan fingerprint density at radius 2 is 2.00 bits per heavy atom. The van der Waals surface area contributed by atoms with Crippen molar-refractivity contribution in [3.63, 3.8) is 0 Å². The van der Waals surface area contributed by atoms with Crippen LogP contribution in [0, 0.1) is 0 Å². The molecule has 0 aliphatic rings. The number of aromatic nitrogens is 2. The molecule has 2 heterocycles. The maximum absolute atomic E-state index is 13.5. The summed E-state index contributed by atoms with van der Waals surface area (Å²) in [5, 5.41) is 1.13. The van der Waals surface area contributed by atoms with Gasteiger partial charge in [-0.1, -0.05) is 47.2 Å². The highest BCUT2D eigenvalue weighted by molar-refractivity contribution is 7.22. The van der Waals surface area contributed by atoms with Gasteiger partial charge in [0.25, 0.3) is 5.91 Å². The average Bonchev–Trinajstić information content (AvgIpc) is 3.17. The number of amides is 1. The van der Waals surface area contributed by atoms with E-state index in [1.807, 2.05) is 36.4 Å². The van der Waals surface area contributed by atoms with E-state index in [1.165, 1.54) is 11.3 Å². The Hall–Kier alpha value is -2.96. The number of halogens is 1. The highest BCUT2D eigenvalue weighted by atomic mass is 35.5. The van der Waals surface area contributed by atoms with Gasteiger partial charge < -0.3 is 4.74 Å². The van der Waals surface area contributed by atoms with Crippen molar-refractivity contribution < 1.29 is 9.53 Å². The fourth-order valence-corrected chi connectivity index (χ4v) is 4.15. The van der Waals surface area contributed by atoms with Gasteiger partial charge in [-0.3, -0.25) is 14.7 Å². The van der Waals surface area contributed by atoms with E-state index in [1.54, 1.807) is 42.6 Å². The third kappa shape index (κ3) is 3.56. The number of rotatable bonds is 5. The van der Waals surface area contributed by atoms with E-state index in [4.69, 9.17) is 16.3 Å². The van der Waals surface area contributed by atoms with E-state index in [0.717, 1.165) is 10.3 Å². The molecule has 4 rings (SSSR count). The number of thiazole rings is 1. The molecule has 140 valence electrons. The van der Waals surface area contributed by atoms with E-state index in [9.17, 15) is 4.79 Å². The molecule has 2 aromatic heterocycles. The number of fused-ring (bicyclic) bond motifs is 1. The first-order valence-corrected chi connectivity index (χ1v) is 9.75. The second kappa shape index (κ2) is 7.96. The molecule has 0 aliphatic carbocycles. The van der Waals surface area contributed by atoms with E-state index in [-0.39, 0.29) is 5.91 Å². The van der Waals surface area contributed by atoms with Crippen LogP contribution in [-0.2, 0) is 6.54 Å². The van der Waals surface area contributed by atoms with Crippen molar-refractivity contribution in [2.75, 3.05) is 12.0 Å². The van der Waals surface area contributed by atoms with Gasteiger partial charge in [-0.2, -0.15) is 0 Å². The summed E-state index contributed by atoms with van der Waals surface area (Å²) in [6, 6.07) is 16.5. The van der Waals surface area contributed by atoms with Gasteiger partial charge in [0.15, 0.2) is 5.13 Å². The molecule has 2 aromatic carbocycles. The van der Waals surface area contributed by atoms with Crippen LogP contribution < -0.4 is 9.64 Å². The Kier molecular flexibility index (Phi) is 5.23. The minimum atomic E-state index is -0.198. The predicted molar refractivity (Wildman–Crippen MR) is 112 cm³/mol. The summed E-state index contributed by atoms with van der Waals surface area (Å²) in [5.41, 5.74) is 2.06. The van der Waals surface area contributed by atoms with Gasteiger partial charge in [0.1, 0.15) is 11.3 Å². The normalized spacial score (nSPS) is 10.8. The molecule has 28 heavy (non-hydrogen) atoms. The average molecular weight is 410 g/mol. The molecule has 0 saturated heterocycles. The third-order valence-corrected chi connectivity index (χ3v) is 5.58. The van der Waals surface area contributed by atoms with Crippen molar-refractivity contribution >= 4 is 44.2 Å². The topological polar surface area (TPSA) is 55.3 Å². The van der Waals surface area contributed by atoms with Gasteiger partial charge in [0.2, 0.25) is 0 Å². The van der Waals surface area contributed by atoms with E-state index < -0.39 is 0 Å².